The van der Waals surface area contributed by atoms with Crippen LogP contribution in [0.3, 0.4) is 0 Å². The average molecular weight is 265 g/mol. The molecule has 0 fully saturated rings. The van der Waals surface area contributed by atoms with Gasteiger partial charge in [0.25, 0.3) is 0 Å². The highest BCUT2D eigenvalue weighted by molar-refractivity contribution is 7.99. The summed E-state index contributed by atoms with van der Waals surface area (Å²) >= 11 is 1.97. The fraction of sp³-hybridized carbons (Fsp3) is 0.600. The largest absolute Gasteiger partial charge is 0.375 e. The summed E-state index contributed by atoms with van der Waals surface area (Å²) in [7, 11) is 0. The molecule has 1 aromatic carbocycles. The van der Waals surface area contributed by atoms with Crippen molar-refractivity contribution < 1.29 is 4.74 Å². The van der Waals surface area contributed by atoms with Gasteiger partial charge in [-0.1, -0.05) is 18.2 Å². The first kappa shape index (κ1) is 13.9. The van der Waals surface area contributed by atoms with E-state index in [2.05, 4.69) is 43.4 Å². The molecule has 1 heterocycles. The maximum Gasteiger partial charge on any atom is 0.0750 e. The van der Waals surface area contributed by atoms with Crippen molar-refractivity contribution in [2.75, 3.05) is 25.4 Å². The second kappa shape index (κ2) is 6.09. The van der Waals surface area contributed by atoms with Crippen LogP contribution >= 0.6 is 11.8 Å². The van der Waals surface area contributed by atoms with Gasteiger partial charge in [0.15, 0.2) is 0 Å². The molecular weight excluding hydrogens is 242 g/mol. The highest BCUT2D eigenvalue weighted by atomic mass is 32.2. The summed E-state index contributed by atoms with van der Waals surface area (Å²) in [6.45, 7) is 9.05. The molecule has 0 radical (unpaired) electrons. The predicted octanol–water partition coefficient (Wildman–Crippen LogP) is 3.28. The Morgan fingerprint density at radius 2 is 2.17 bits per heavy atom. The molecule has 0 aromatic heterocycles. The van der Waals surface area contributed by atoms with Crippen molar-refractivity contribution in [2.24, 2.45) is 0 Å². The fourth-order valence-corrected chi connectivity index (χ4v) is 3.64. The Hall–Kier alpha value is -0.510. The number of hydrogen-bond donors (Lipinski definition) is 1. The third-order valence-electron chi connectivity index (χ3n) is 3.28. The third-order valence-corrected chi connectivity index (χ3v) is 4.53. The van der Waals surface area contributed by atoms with Crippen LogP contribution in [-0.2, 0) is 4.74 Å². The molecule has 0 saturated heterocycles. The topological polar surface area (TPSA) is 21.3 Å². The minimum absolute atomic E-state index is 0.0694. The van der Waals surface area contributed by atoms with E-state index in [0.29, 0.717) is 5.92 Å². The van der Waals surface area contributed by atoms with Gasteiger partial charge in [0.2, 0.25) is 0 Å². The number of rotatable bonds is 6. The molecule has 1 atom stereocenters. The van der Waals surface area contributed by atoms with Crippen LogP contribution in [-0.4, -0.2) is 31.1 Å². The van der Waals surface area contributed by atoms with E-state index in [1.165, 1.54) is 16.2 Å². The van der Waals surface area contributed by atoms with Crippen molar-refractivity contribution in [3.05, 3.63) is 29.8 Å². The molecule has 1 unspecified atom stereocenters. The molecule has 0 aliphatic carbocycles. The van der Waals surface area contributed by atoms with Crippen LogP contribution in [0.25, 0.3) is 0 Å². The summed E-state index contributed by atoms with van der Waals surface area (Å²) in [5, 5.41) is 3.55. The molecule has 0 spiro atoms. The van der Waals surface area contributed by atoms with Crippen LogP contribution < -0.4 is 5.32 Å². The Labute approximate surface area is 114 Å². The van der Waals surface area contributed by atoms with Gasteiger partial charge in [-0.05, 0) is 32.4 Å². The van der Waals surface area contributed by atoms with Crippen molar-refractivity contribution in [1.29, 1.82) is 0 Å². The number of nitrogens with one attached hydrogen (secondary N) is 1. The van der Waals surface area contributed by atoms with Crippen molar-refractivity contribution in [3.63, 3.8) is 0 Å². The first-order valence-corrected chi connectivity index (χ1v) is 7.67. The molecule has 1 aromatic rings. The maximum absolute atomic E-state index is 5.70. The molecule has 3 heteroatoms. The molecule has 2 rings (SSSR count). The minimum Gasteiger partial charge on any atom is -0.375 e. The average Bonchev–Trinajstić information content (AvgIpc) is 2.73. The zero-order valence-corrected chi connectivity index (χ0v) is 12.3. The SMILES string of the molecule is CCOC(C)(C)CNCC1CSc2ccccc21. The molecule has 2 nitrogen and oxygen atoms in total. The summed E-state index contributed by atoms with van der Waals surface area (Å²) in [4.78, 5) is 1.45. The molecule has 0 bridgehead atoms. The van der Waals surface area contributed by atoms with Gasteiger partial charge in [0, 0.05) is 36.3 Å². The molecule has 0 amide bonds. The number of hydrogen-bond acceptors (Lipinski definition) is 3. The lowest BCUT2D eigenvalue weighted by molar-refractivity contribution is -0.00877. The van der Waals surface area contributed by atoms with Crippen LogP contribution in [0, 0.1) is 0 Å². The van der Waals surface area contributed by atoms with Gasteiger partial charge in [-0.25, -0.2) is 0 Å². The maximum atomic E-state index is 5.70. The second-order valence-corrected chi connectivity index (χ2v) is 6.43. The van der Waals surface area contributed by atoms with E-state index >= 15 is 0 Å². The van der Waals surface area contributed by atoms with E-state index < -0.39 is 0 Å². The quantitative estimate of drug-likeness (QED) is 0.853. The highest BCUT2D eigenvalue weighted by Crippen LogP contribution is 2.38. The summed E-state index contributed by atoms with van der Waals surface area (Å²) < 4.78 is 5.70. The molecule has 100 valence electrons. The fourth-order valence-electron chi connectivity index (χ4n) is 2.39. The first-order chi connectivity index (χ1) is 8.62. The van der Waals surface area contributed by atoms with Crippen LogP contribution in [0.2, 0.25) is 0 Å². The normalized spacial score (nSPS) is 18.9. The Morgan fingerprint density at radius 3 is 2.94 bits per heavy atom. The van der Waals surface area contributed by atoms with Crippen molar-refractivity contribution in [1.82, 2.24) is 5.32 Å². The van der Waals surface area contributed by atoms with Gasteiger partial charge < -0.3 is 10.1 Å². The Balaban J connectivity index is 1.82. The lowest BCUT2D eigenvalue weighted by Crippen LogP contribution is -2.39. The lowest BCUT2D eigenvalue weighted by Gasteiger charge is -2.26. The molecular formula is C15H23NOS. The van der Waals surface area contributed by atoms with E-state index in [1.54, 1.807) is 0 Å². The minimum atomic E-state index is -0.0694. The van der Waals surface area contributed by atoms with E-state index in [9.17, 15) is 0 Å². The lowest BCUT2D eigenvalue weighted by atomic mass is 10.0. The van der Waals surface area contributed by atoms with Crippen LogP contribution in [0.4, 0.5) is 0 Å². The Morgan fingerprint density at radius 1 is 1.39 bits per heavy atom. The van der Waals surface area contributed by atoms with Crippen molar-refractivity contribution >= 4 is 11.8 Å². The number of fused-ring (bicyclic) bond motifs is 1. The standard InChI is InChI=1S/C15H23NOS/c1-4-17-15(2,3)11-16-9-12-10-18-14-8-6-5-7-13(12)14/h5-8,12,16H,4,9-11H2,1-3H3. The van der Waals surface area contributed by atoms with E-state index in [4.69, 9.17) is 4.74 Å². The van der Waals surface area contributed by atoms with Gasteiger partial charge in [-0.15, -0.1) is 11.8 Å². The van der Waals surface area contributed by atoms with Gasteiger partial charge in [0.1, 0.15) is 0 Å². The highest BCUT2D eigenvalue weighted by Gasteiger charge is 2.23. The van der Waals surface area contributed by atoms with Crippen LogP contribution in [0.1, 0.15) is 32.3 Å². The Kier molecular flexibility index (Phi) is 4.71. The molecule has 0 saturated carbocycles. The summed E-state index contributed by atoms with van der Waals surface area (Å²) in [5.74, 6) is 1.84. The van der Waals surface area contributed by atoms with Crippen LogP contribution in [0.15, 0.2) is 29.2 Å². The zero-order chi connectivity index (χ0) is 13.0. The summed E-state index contributed by atoms with van der Waals surface area (Å²) in [5.41, 5.74) is 1.43. The van der Waals surface area contributed by atoms with Gasteiger partial charge >= 0.3 is 0 Å². The third kappa shape index (κ3) is 3.50. The van der Waals surface area contributed by atoms with Gasteiger partial charge in [0.05, 0.1) is 5.60 Å². The monoisotopic (exact) mass is 265 g/mol. The number of thioether (sulfide) groups is 1. The second-order valence-electron chi connectivity index (χ2n) is 5.37. The van der Waals surface area contributed by atoms with Crippen molar-refractivity contribution in [3.8, 4) is 0 Å². The Bertz CT molecular complexity index is 392. The molecule has 1 N–H and O–H groups in total. The molecule has 1 aliphatic rings. The van der Waals surface area contributed by atoms with E-state index in [0.717, 1.165) is 19.7 Å². The number of benzene rings is 1. The van der Waals surface area contributed by atoms with Gasteiger partial charge in [-0.2, -0.15) is 0 Å². The smallest absolute Gasteiger partial charge is 0.0750 e. The summed E-state index contributed by atoms with van der Waals surface area (Å²) in [6, 6.07) is 8.75. The van der Waals surface area contributed by atoms with Crippen LogP contribution in [0.5, 0.6) is 0 Å². The van der Waals surface area contributed by atoms with Crippen molar-refractivity contribution in [2.45, 2.75) is 37.2 Å². The first-order valence-electron chi connectivity index (χ1n) is 6.69. The van der Waals surface area contributed by atoms with Gasteiger partial charge in [-0.3, -0.25) is 0 Å². The van der Waals surface area contributed by atoms with E-state index in [-0.39, 0.29) is 5.60 Å². The summed E-state index contributed by atoms with van der Waals surface area (Å²) in [6.07, 6.45) is 0. The number of ether oxygens (including phenoxy) is 1. The molecule has 1 aliphatic heterocycles. The van der Waals surface area contributed by atoms with E-state index in [1.807, 2.05) is 18.7 Å². The predicted molar refractivity (Wildman–Crippen MR) is 78.5 cm³/mol. The molecule has 18 heavy (non-hydrogen) atoms. The zero-order valence-electron chi connectivity index (χ0n) is 11.5.